The summed E-state index contributed by atoms with van der Waals surface area (Å²) in [6.07, 6.45) is 6.06. The van der Waals surface area contributed by atoms with Crippen molar-refractivity contribution in [2.24, 2.45) is 0 Å². The van der Waals surface area contributed by atoms with Crippen LogP contribution in [0.25, 0.3) is 0 Å². The summed E-state index contributed by atoms with van der Waals surface area (Å²) in [6.45, 7) is 2.34. The number of thioether (sulfide) groups is 1. The zero-order valence-electron chi connectivity index (χ0n) is 10.9. The van der Waals surface area contributed by atoms with Crippen LogP contribution in [0.5, 0.6) is 11.5 Å². The molecule has 3 nitrogen and oxygen atoms in total. The maximum Gasteiger partial charge on any atom is 0.231 e. The number of unbranched alkanes of at least 4 members (excludes halogenated alkanes) is 2. The van der Waals surface area contributed by atoms with Gasteiger partial charge in [-0.3, -0.25) is 0 Å². The molecule has 18 heavy (non-hydrogen) atoms. The summed E-state index contributed by atoms with van der Waals surface area (Å²) in [7, 11) is 0. The fraction of sp³-hybridized carbons (Fsp3) is 0.571. The molecule has 1 aromatic carbocycles. The van der Waals surface area contributed by atoms with Gasteiger partial charge in [-0.15, -0.1) is 0 Å². The van der Waals surface area contributed by atoms with Crippen LogP contribution in [-0.4, -0.2) is 25.3 Å². The molecule has 0 aromatic heterocycles. The van der Waals surface area contributed by atoms with Crippen LogP contribution in [0.3, 0.4) is 0 Å². The molecule has 1 aliphatic rings. The van der Waals surface area contributed by atoms with E-state index in [0.29, 0.717) is 6.79 Å². The summed E-state index contributed by atoms with van der Waals surface area (Å²) >= 11 is 1.93. The smallest absolute Gasteiger partial charge is 0.231 e. The number of rotatable bonds is 8. The van der Waals surface area contributed by atoms with Gasteiger partial charge in [0, 0.05) is 6.54 Å². The number of benzene rings is 1. The van der Waals surface area contributed by atoms with E-state index >= 15 is 0 Å². The molecule has 100 valence electrons. The van der Waals surface area contributed by atoms with Gasteiger partial charge in [0.1, 0.15) is 0 Å². The van der Waals surface area contributed by atoms with Crippen molar-refractivity contribution < 1.29 is 9.47 Å². The highest BCUT2D eigenvalue weighted by Crippen LogP contribution is 2.32. The average Bonchev–Trinajstić information content (AvgIpc) is 2.85. The van der Waals surface area contributed by atoms with E-state index in [1.165, 1.54) is 30.6 Å². The van der Waals surface area contributed by atoms with Gasteiger partial charge in [0.2, 0.25) is 6.79 Å². The molecule has 0 bridgehead atoms. The Balaban J connectivity index is 1.62. The van der Waals surface area contributed by atoms with Crippen molar-refractivity contribution >= 4 is 11.8 Å². The first-order chi connectivity index (χ1) is 8.90. The molecule has 1 aromatic rings. The van der Waals surface area contributed by atoms with Crippen LogP contribution >= 0.6 is 11.8 Å². The van der Waals surface area contributed by atoms with Gasteiger partial charge in [0.05, 0.1) is 0 Å². The quantitative estimate of drug-likeness (QED) is 0.733. The van der Waals surface area contributed by atoms with Gasteiger partial charge in [-0.25, -0.2) is 0 Å². The summed E-state index contributed by atoms with van der Waals surface area (Å²) in [6, 6.07) is 6.13. The van der Waals surface area contributed by atoms with Crippen LogP contribution in [0.1, 0.15) is 24.8 Å². The van der Waals surface area contributed by atoms with Gasteiger partial charge in [-0.2, -0.15) is 11.8 Å². The highest BCUT2D eigenvalue weighted by molar-refractivity contribution is 7.98. The molecule has 1 heterocycles. The number of ether oxygens (including phenoxy) is 2. The molecule has 1 N–H and O–H groups in total. The van der Waals surface area contributed by atoms with Crippen LogP contribution < -0.4 is 14.8 Å². The van der Waals surface area contributed by atoms with Gasteiger partial charge in [-0.1, -0.05) is 12.5 Å². The normalized spacial score (nSPS) is 12.9. The third-order valence-corrected chi connectivity index (χ3v) is 3.67. The fourth-order valence-corrected chi connectivity index (χ4v) is 2.45. The van der Waals surface area contributed by atoms with Crippen LogP contribution in [0.15, 0.2) is 18.2 Å². The molecule has 2 rings (SSSR count). The molecule has 0 saturated heterocycles. The fourth-order valence-electron chi connectivity index (χ4n) is 1.96. The van der Waals surface area contributed by atoms with E-state index in [1.807, 2.05) is 17.8 Å². The second-order valence-electron chi connectivity index (χ2n) is 4.42. The van der Waals surface area contributed by atoms with E-state index in [-0.39, 0.29) is 0 Å². The molecule has 0 saturated carbocycles. The first kappa shape index (κ1) is 13.6. The van der Waals surface area contributed by atoms with Crippen LogP contribution in [0.2, 0.25) is 0 Å². The van der Waals surface area contributed by atoms with Crippen molar-refractivity contribution in [2.45, 2.75) is 25.8 Å². The molecule has 1 aliphatic heterocycles. The number of nitrogens with one attached hydrogen (secondary N) is 1. The molecule has 0 amide bonds. The minimum absolute atomic E-state index is 0.349. The number of hydrogen-bond acceptors (Lipinski definition) is 4. The highest BCUT2D eigenvalue weighted by atomic mass is 32.2. The monoisotopic (exact) mass is 267 g/mol. The molecule has 0 atom stereocenters. The number of fused-ring (bicyclic) bond motifs is 1. The van der Waals surface area contributed by atoms with Crippen molar-refractivity contribution in [3.63, 3.8) is 0 Å². The lowest BCUT2D eigenvalue weighted by molar-refractivity contribution is 0.174. The predicted molar refractivity (Wildman–Crippen MR) is 76.5 cm³/mol. The van der Waals surface area contributed by atoms with Gasteiger partial charge >= 0.3 is 0 Å². The Morgan fingerprint density at radius 1 is 1.17 bits per heavy atom. The summed E-state index contributed by atoms with van der Waals surface area (Å²) in [5, 5.41) is 3.47. The van der Waals surface area contributed by atoms with Crippen molar-refractivity contribution in [3.8, 4) is 11.5 Å². The Labute approximate surface area is 113 Å². The van der Waals surface area contributed by atoms with Gasteiger partial charge in [-0.05, 0) is 49.1 Å². The van der Waals surface area contributed by atoms with E-state index in [0.717, 1.165) is 24.6 Å². The second-order valence-corrected chi connectivity index (χ2v) is 5.40. The topological polar surface area (TPSA) is 30.5 Å². The largest absolute Gasteiger partial charge is 0.454 e. The minimum Gasteiger partial charge on any atom is -0.454 e. The Morgan fingerprint density at radius 3 is 2.94 bits per heavy atom. The first-order valence-electron chi connectivity index (χ1n) is 6.48. The molecule has 0 spiro atoms. The first-order valence-corrected chi connectivity index (χ1v) is 7.88. The van der Waals surface area contributed by atoms with Crippen molar-refractivity contribution in [3.05, 3.63) is 23.8 Å². The minimum atomic E-state index is 0.349. The molecule has 4 heteroatoms. The summed E-state index contributed by atoms with van der Waals surface area (Å²) in [4.78, 5) is 0. The summed E-state index contributed by atoms with van der Waals surface area (Å²) < 4.78 is 10.6. The molecular weight excluding hydrogens is 246 g/mol. The predicted octanol–water partition coefficient (Wildman–Crippen LogP) is 3.04. The van der Waals surface area contributed by atoms with E-state index in [4.69, 9.17) is 9.47 Å². The van der Waals surface area contributed by atoms with E-state index in [2.05, 4.69) is 23.7 Å². The van der Waals surface area contributed by atoms with Gasteiger partial charge in [0.25, 0.3) is 0 Å². The third kappa shape index (κ3) is 4.10. The van der Waals surface area contributed by atoms with Gasteiger partial charge in [0.15, 0.2) is 11.5 Å². The average molecular weight is 267 g/mol. The maximum absolute atomic E-state index is 5.36. The highest BCUT2D eigenvalue weighted by Gasteiger charge is 2.12. The lowest BCUT2D eigenvalue weighted by Crippen LogP contribution is -2.14. The zero-order valence-corrected chi connectivity index (χ0v) is 11.7. The van der Waals surface area contributed by atoms with Crippen LogP contribution in [0.4, 0.5) is 0 Å². The summed E-state index contributed by atoms with van der Waals surface area (Å²) in [5.41, 5.74) is 1.25. The molecule has 0 radical (unpaired) electrons. The van der Waals surface area contributed by atoms with E-state index in [9.17, 15) is 0 Å². The van der Waals surface area contributed by atoms with Crippen LogP contribution in [0, 0.1) is 0 Å². The zero-order chi connectivity index (χ0) is 12.6. The Kier molecular flexibility index (Phi) is 5.68. The van der Waals surface area contributed by atoms with Gasteiger partial charge < -0.3 is 14.8 Å². The standard InChI is InChI=1S/C14H21NO2S/c1-18-8-4-2-3-7-15-10-12-5-6-13-14(9-12)17-11-16-13/h5-6,9,15H,2-4,7-8,10-11H2,1H3. The second kappa shape index (κ2) is 7.54. The van der Waals surface area contributed by atoms with E-state index < -0.39 is 0 Å². The Morgan fingerprint density at radius 2 is 2.06 bits per heavy atom. The summed E-state index contributed by atoms with van der Waals surface area (Å²) in [5.74, 6) is 3.01. The van der Waals surface area contributed by atoms with Crippen LogP contribution in [-0.2, 0) is 6.54 Å². The molecular formula is C14H21NO2S. The van der Waals surface area contributed by atoms with Crippen molar-refractivity contribution in [1.29, 1.82) is 0 Å². The molecule has 0 fully saturated rings. The van der Waals surface area contributed by atoms with E-state index in [1.54, 1.807) is 0 Å². The molecule has 0 aliphatic carbocycles. The molecule has 0 unspecified atom stereocenters. The lowest BCUT2D eigenvalue weighted by Gasteiger charge is -2.05. The SMILES string of the molecule is CSCCCCCNCc1ccc2c(c1)OCO2. The number of hydrogen-bond donors (Lipinski definition) is 1. The lowest BCUT2D eigenvalue weighted by atomic mass is 10.2. The maximum atomic E-state index is 5.36. The Bertz CT molecular complexity index is 371. The Hall–Kier alpha value is -0.870. The van der Waals surface area contributed by atoms with Crippen molar-refractivity contribution in [2.75, 3.05) is 25.3 Å². The van der Waals surface area contributed by atoms with Crippen molar-refractivity contribution in [1.82, 2.24) is 5.32 Å². The third-order valence-electron chi connectivity index (χ3n) is 2.97.